The Bertz CT molecular complexity index is 2720. The summed E-state index contributed by atoms with van der Waals surface area (Å²) in [7, 11) is 0. The standard InChI is InChI=1S/C57H72FN9O6/c1-38-34-63(25-30-67(38)57(73)52(41-9-3-2-4-10-41)59-53(69)44-12-7-11-43(33-44)45-13-8-22-66(36-45)55(71)42-17-18-42)35-39-20-23-62(24-21-39)37-51(68)64-26-28-65(29-27-64)56(72)48-31-40(16-19-49(48)58)32-50-46-14-5-6-15-47(46)54(70)61-60-50/h5-7,11-12,14-16,19,31,33,38-39,41-42,45,52H,2-4,8-10,13,17-18,20-30,32,34-37H2,1H3,(H,59,69)(H,61,70)/t38-,45-,52-/m1/s1. The van der Waals surface area contributed by atoms with Gasteiger partial charge in [-0.3, -0.25) is 38.6 Å². The Labute approximate surface area is 427 Å². The molecule has 0 spiro atoms. The SMILES string of the molecule is C[C@@H]1CN(CC2CCN(CC(=O)N3CCN(C(=O)c4cc(Cc5n[nH]c(=O)c6ccccc56)ccc4F)CC3)CC2)CCN1C(=O)[C@H](NC(=O)c1cccc([C@@H]2CCCN(C(=O)C3CC3)C2)c1)C1CCCCC1. The van der Waals surface area contributed by atoms with Crippen molar-refractivity contribution in [2.24, 2.45) is 17.8 Å². The lowest BCUT2D eigenvalue weighted by atomic mass is 9.82. The van der Waals surface area contributed by atoms with E-state index in [2.05, 4.69) is 38.3 Å². The second kappa shape index (κ2) is 22.6. The van der Waals surface area contributed by atoms with Crippen molar-refractivity contribution in [2.45, 2.75) is 102 Å². The Hall–Kier alpha value is -6.00. The number of hydrogen-bond donors (Lipinski definition) is 2. The number of halogens is 1. The zero-order valence-corrected chi connectivity index (χ0v) is 42.5. The molecule has 15 nitrogen and oxygen atoms in total. The number of carbonyl (C=O) groups is 5. The lowest BCUT2D eigenvalue weighted by Gasteiger charge is -2.44. The fourth-order valence-corrected chi connectivity index (χ4v) is 12.4. The molecule has 2 aliphatic carbocycles. The van der Waals surface area contributed by atoms with Gasteiger partial charge in [0.05, 0.1) is 23.2 Å². The molecule has 1 aromatic heterocycles. The number of fused-ring (bicyclic) bond motifs is 1. The van der Waals surface area contributed by atoms with Crippen LogP contribution < -0.4 is 10.9 Å². The highest BCUT2D eigenvalue weighted by Gasteiger charge is 2.39. The highest BCUT2D eigenvalue weighted by atomic mass is 19.1. The molecule has 2 saturated carbocycles. The Morgan fingerprint density at radius 3 is 2.23 bits per heavy atom. The van der Waals surface area contributed by atoms with Gasteiger partial charge in [0.15, 0.2) is 0 Å². The second-order valence-electron chi connectivity index (χ2n) is 21.9. The number of piperidine rings is 2. The molecule has 16 heteroatoms. The Morgan fingerprint density at radius 2 is 1.48 bits per heavy atom. The average Bonchev–Trinajstić information content (AvgIpc) is 4.28. The lowest BCUT2D eigenvalue weighted by molar-refractivity contribution is -0.140. The number of benzene rings is 3. The first-order valence-electron chi connectivity index (χ1n) is 27.2. The minimum atomic E-state index is -0.604. The molecule has 5 amide bonds. The van der Waals surface area contributed by atoms with E-state index >= 15 is 4.39 Å². The molecular formula is C57H72FN9O6. The predicted octanol–water partition coefficient (Wildman–Crippen LogP) is 5.68. The Morgan fingerprint density at radius 1 is 0.726 bits per heavy atom. The van der Waals surface area contributed by atoms with Crippen molar-refractivity contribution in [1.82, 2.24) is 44.9 Å². The van der Waals surface area contributed by atoms with Crippen LogP contribution in [-0.2, 0) is 20.8 Å². The van der Waals surface area contributed by atoms with Crippen molar-refractivity contribution in [1.29, 1.82) is 0 Å². The number of carbonyl (C=O) groups excluding carboxylic acids is 5. The highest BCUT2D eigenvalue weighted by Crippen LogP contribution is 2.35. The zero-order valence-electron chi connectivity index (χ0n) is 42.5. The Kier molecular flexibility index (Phi) is 15.7. The third-order valence-corrected chi connectivity index (χ3v) is 16.9. The van der Waals surface area contributed by atoms with Crippen LogP contribution in [0.2, 0.25) is 0 Å². The van der Waals surface area contributed by atoms with Gasteiger partial charge in [-0.2, -0.15) is 5.10 Å². The molecule has 6 fully saturated rings. The molecule has 10 rings (SSSR count). The fraction of sp³-hybridized carbons (Fsp3) is 0.561. The predicted molar refractivity (Wildman–Crippen MR) is 276 cm³/mol. The highest BCUT2D eigenvalue weighted by molar-refractivity contribution is 5.98. The van der Waals surface area contributed by atoms with Gasteiger partial charge in [-0.25, -0.2) is 9.49 Å². The van der Waals surface area contributed by atoms with Crippen molar-refractivity contribution >= 4 is 40.3 Å². The first kappa shape index (κ1) is 50.5. The van der Waals surface area contributed by atoms with Gasteiger partial charge in [0.25, 0.3) is 17.4 Å². The van der Waals surface area contributed by atoms with Crippen molar-refractivity contribution in [2.75, 3.05) is 85.1 Å². The van der Waals surface area contributed by atoms with Gasteiger partial charge in [0.1, 0.15) is 11.9 Å². The number of aromatic amines is 1. The van der Waals surface area contributed by atoms with Crippen LogP contribution in [-0.4, -0.2) is 166 Å². The van der Waals surface area contributed by atoms with Crippen LogP contribution in [0, 0.1) is 23.6 Å². The summed E-state index contributed by atoms with van der Waals surface area (Å²) in [6.45, 7) is 10.1. The van der Waals surface area contributed by atoms with E-state index in [-0.39, 0.29) is 58.5 Å². The van der Waals surface area contributed by atoms with E-state index in [0.717, 1.165) is 115 Å². The van der Waals surface area contributed by atoms with E-state index in [4.69, 9.17) is 0 Å². The summed E-state index contributed by atoms with van der Waals surface area (Å²) in [4.78, 5) is 93.2. The van der Waals surface area contributed by atoms with Crippen molar-refractivity contribution in [3.05, 3.63) is 111 Å². The molecule has 0 radical (unpaired) electrons. The van der Waals surface area contributed by atoms with E-state index in [1.807, 2.05) is 45.0 Å². The summed E-state index contributed by atoms with van der Waals surface area (Å²) in [5, 5.41) is 11.3. The van der Waals surface area contributed by atoms with Crippen LogP contribution >= 0.6 is 0 Å². The maximum absolute atomic E-state index is 15.1. The maximum atomic E-state index is 15.1. The van der Waals surface area contributed by atoms with Gasteiger partial charge in [-0.1, -0.05) is 55.7 Å². The minimum absolute atomic E-state index is 0.00468. The number of amides is 5. The maximum Gasteiger partial charge on any atom is 0.272 e. The van der Waals surface area contributed by atoms with Crippen LogP contribution in [0.25, 0.3) is 10.8 Å². The molecule has 5 heterocycles. The third-order valence-electron chi connectivity index (χ3n) is 16.9. The van der Waals surface area contributed by atoms with Gasteiger partial charge >= 0.3 is 0 Å². The van der Waals surface area contributed by atoms with Crippen molar-refractivity contribution in [3.63, 3.8) is 0 Å². The number of aromatic nitrogens is 2. The van der Waals surface area contributed by atoms with Gasteiger partial charge in [-0.15, -0.1) is 0 Å². The second-order valence-corrected chi connectivity index (χ2v) is 21.9. The van der Waals surface area contributed by atoms with E-state index in [1.165, 1.54) is 6.07 Å². The molecular weight excluding hydrogens is 926 g/mol. The lowest BCUT2D eigenvalue weighted by Crippen LogP contribution is -2.60. The normalized spacial score (nSPS) is 22.3. The molecule has 4 aromatic rings. The number of likely N-dealkylation sites (tertiary alicyclic amines) is 2. The topological polar surface area (TPSA) is 163 Å². The van der Waals surface area contributed by atoms with Crippen LogP contribution in [0.1, 0.15) is 121 Å². The first-order chi connectivity index (χ1) is 35.4. The summed E-state index contributed by atoms with van der Waals surface area (Å²) in [6.07, 6.45) is 11.4. The Balaban J connectivity index is 0.668. The van der Waals surface area contributed by atoms with Crippen LogP contribution in [0.15, 0.2) is 71.5 Å². The number of H-pyrrole nitrogens is 1. The van der Waals surface area contributed by atoms with Gasteiger partial charge < -0.3 is 24.9 Å². The average molecular weight is 998 g/mol. The molecule has 3 aromatic carbocycles. The van der Waals surface area contributed by atoms with Crippen molar-refractivity contribution < 1.29 is 28.4 Å². The van der Waals surface area contributed by atoms with Crippen molar-refractivity contribution in [3.8, 4) is 0 Å². The smallest absolute Gasteiger partial charge is 0.272 e. The molecule has 0 unspecified atom stereocenters. The summed E-state index contributed by atoms with van der Waals surface area (Å²) in [5.74, 6) is 0.127. The molecule has 6 aliphatic rings. The van der Waals surface area contributed by atoms with E-state index in [0.29, 0.717) is 85.7 Å². The number of nitrogens with one attached hydrogen (secondary N) is 2. The summed E-state index contributed by atoms with van der Waals surface area (Å²) < 4.78 is 15.1. The number of piperazine rings is 2. The molecule has 73 heavy (non-hydrogen) atoms. The van der Waals surface area contributed by atoms with Gasteiger partial charge in [-0.05, 0) is 125 Å². The number of hydrogen-bond acceptors (Lipinski definition) is 9. The van der Waals surface area contributed by atoms with Crippen LogP contribution in [0.3, 0.4) is 0 Å². The molecule has 4 aliphatic heterocycles. The minimum Gasteiger partial charge on any atom is -0.342 e. The third kappa shape index (κ3) is 11.9. The number of nitrogens with zero attached hydrogens (tertiary/aromatic N) is 7. The van der Waals surface area contributed by atoms with Gasteiger partial charge in [0.2, 0.25) is 17.7 Å². The summed E-state index contributed by atoms with van der Waals surface area (Å²) in [5.41, 5.74) is 2.68. The molecule has 3 atom stereocenters. The fourth-order valence-electron chi connectivity index (χ4n) is 12.4. The molecule has 4 saturated heterocycles. The molecule has 0 bridgehead atoms. The molecule has 388 valence electrons. The van der Waals surface area contributed by atoms with E-state index < -0.39 is 17.8 Å². The monoisotopic (exact) mass is 998 g/mol. The summed E-state index contributed by atoms with van der Waals surface area (Å²) in [6, 6.07) is 19.0. The van der Waals surface area contributed by atoms with E-state index in [1.54, 1.807) is 29.2 Å². The zero-order chi connectivity index (χ0) is 50.6. The van der Waals surface area contributed by atoms with E-state index in [9.17, 15) is 28.8 Å². The first-order valence-corrected chi connectivity index (χ1v) is 27.2. The molecule has 2 N–H and O–H groups in total. The summed E-state index contributed by atoms with van der Waals surface area (Å²) >= 11 is 0. The largest absolute Gasteiger partial charge is 0.342 e. The van der Waals surface area contributed by atoms with Crippen LogP contribution in [0.4, 0.5) is 4.39 Å². The van der Waals surface area contributed by atoms with Crippen LogP contribution in [0.5, 0.6) is 0 Å². The number of rotatable bonds is 13. The quantitative estimate of drug-likeness (QED) is 0.172. The van der Waals surface area contributed by atoms with Gasteiger partial charge in [0, 0.05) is 101 Å².